The lowest BCUT2D eigenvalue weighted by molar-refractivity contribution is -0.0793. The summed E-state index contributed by atoms with van der Waals surface area (Å²) in [5.74, 6) is 1.30. The van der Waals surface area contributed by atoms with Gasteiger partial charge in [-0.2, -0.15) is 4.98 Å². The Hall–Kier alpha value is -0.940. The van der Waals surface area contributed by atoms with Crippen LogP contribution in [0.15, 0.2) is 4.52 Å². The van der Waals surface area contributed by atoms with E-state index in [-0.39, 0.29) is 5.60 Å². The van der Waals surface area contributed by atoms with E-state index in [2.05, 4.69) is 22.4 Å². The Kier molecular flexibility index (Phi) is 2.52. The maximum atomic E-state index is 5.66. The van der Waals surface area contributed by atoms with Crippen LogP contribution >= 0.6 is 0 Å². The lowest BCUT2D eigenvalue weighted by Gasteiger charge is -2.38. The lowest BCUT2D eigenvalue weighted by atomic mass is 10.0. The fourth-order valence-corrected chi connectivity index (χ4v) is 1.31. The number of nitrogens with zero attached hydrogens (tertiary/aromatic N) is 2. The van der Waals surface area contributed by atoms with Crippen molar-refractivity contribution in [3.05, 3.63) is 11.7 Å². The molecule has 5 nitrogen and oxygen atoms in total. The second-order valence-corrected chi connectivity index (χ2v) is 3.80. The van der Waals surface area contributed by atoms with Crippen molar-refractivity contribution in [1.82, 2.24) is 15.5 Å². The summed E-state index contributed by atoms with van der Waals surface area (Å²) in [6.45, 7) is 6.28. The highest BCUT2D eigenvalue weighted by molar-refractivity contribution is 4.92. The normalized spacial score (nSPS) is 19.3. The van der Waals surface area contributed by atoms with Crippen LogP contribution in [-0.4, -0.2) is 28.8 Å². The summed E-state index contributed by atoms with van der Waals surface area (Å²) in [4.78, 5) is 4.17. The number of nitrogens with one attached hydrogen (secondary N) is 1. The highest BCUT2D eigenvalue weighted by Gasteiger charge is 2.32. The summed E-state index contributed by atoms with van der Waals surface area (Å²) in [5.41, 5.74) is -0.0486. The van der Waals surface area contributed by atoms with E-state index in [1.807, 2.05) is 6.92 Å². The molecule has 0 bridgehead atoms. The van der Waals surface area contributed by atoms with Crippen LogP contribution in [-0.2, 0) is 17.8 Å². The number of hydrogen-bond donors (Lipinski definition) is 1. The molecule has 1 N–H and O–H groups in total. The molecule has 0 aromatic carbocycles. The van der Waals surface area contributed by atoms with Gasteiger partial charge in [0.1, 0.15) is 6.61 Å². The number of aromatic nitrogens is 2. The van der Waals surface area contributed by atoms with Gasteiger partial charge in [0.15, 0.2) is 5.82 Å². The molecule has 1 aromatic heterocycles. The SMILES string of the molecule is CCc1nc(COC2(C)CNC2)no1. The standard InChI is InChI=1S/C9H15N3O2/c1-3-8-11-7(12-14-8)4-13-9(2)5-10-6-9/h10H,3-6H2,1-2H3. The molecule has 1 saturated heterocycles. The van der Waals surface area contributed by atoms with Crippen molar-refractivity contribution in [3.8, 4) is 0 Å². The first-order valence-electron chi connectivity index (χ1n) is 4.88. The molecule has 0 unspecified atom stereocenters. The molecule has 2 rings (SSSR count). The maximum Gasteiger partial charge on any atom is 0.226 e. The first-order valence-corrected chi connectivity index (χ1v) is 4.88. The molecule has 0 radical (unpaired) electrons. The molecule has 0 saturated carbocycles. The van der Waals surface area contributed by atoms with Gasteiger partial charge in [-0.15, -0.1) is 0 Å². The van der Waals surface area contributed by atoms with Crippen LogP contribution < -0.4 is 5.32 Å². The van der Waals surface area contributed by atoms with Crippen molar-refractivity contribution in [3.63, 3.8) is 0 Å². The van der Waals surface area contributed by atoms with E-state index in [4.69, 9.17) is 9.26 Å². The van der Waals surface area contributed by atoms with Crippen LogP contribution in [0.2, 0.25) is 0 Å². The molecule has 0 amide bonds. The summed E-state index contributed by atoms with van der Waals surface area (Å²) in [6, 6.07) is 0. The summed E-state index contributed by atoms with van der Waals surface area (Å²) < 4.78 is 10.6. The number of hydrogen-bond acceptors (Lipinski definition) is 5. The third-order valence-electron chi connectivity index (χ3n) is 2.36. The second-order valence-electron chi connectivity index (χ2n) is 3.80. The molecular weight excluding hydrogens is 182 g/mol. The second kappa shape index (κ2) is 3.67. The van der Waals surface area contributed by atoms with Crippen molar-refractivity contribution in [1.29, 1.82) is 0 Å². The first-order chi connectivity index (χ1) is 6.72. The minimum Gasteiger partial charge on any atom is -0.365 e. The predicted octanol–water partition coefficient (Wildman–Crippen LogP) is 0.510. The average molecular weight is 197 g/mol. The fourth-order valence-electron chi connectivity index (χ4n) is 1.31. The van der Waals surface area contributed by atoms with Crippen LogP contribution in [0.3, 0.4) is 0 Å². The lowest BCUT2D eigenvalue weighted by Crippen LogP contribution is -2.58. The topological polar surface area (TPSA) is 60.2 Å². The Bertz CT molecular complexity index is 307. The van der Waals surface area contributed by atoms with E-state index in [1.165, 1.54) is 0 Å². The van der Waals surface area contributed by atoms with Crippen LogP contribution in [0, 0.1) is 0 Å². The predicted molar refractivity (Wildman–Crippen MR) is 49.7 cm³/mol. The highest BCUT2D eigenvalue weighted by atomic mass is 16.5. The molecule has 14 heavy (non-hydrogen) atoms. The van der Waals surface area contributed by atoms with Crippen molar-refractivity contribution < 1.29 is 9.26 Å². The Morgan fingerprint density at radius 3 is 2.86 bits per heavy atom. The van der Waals surface area contributed by atoms with E-state index in [9.17, 15) is 0 Å². The van der Waals surface area contributed by atoms with Crippen molar-refractivity contribution in [2.45, 2.75) is 32.5 Å². The van der Waals surface area contributed by atoms with E-state index < -0.39 is 0 Å². The molecule has 1 fully saturated rings. The molecule has 0 atom stereocenters. The van der Waals surface area contributed by atoms with Crippen LogP contribution in [0.4, 0.5) is 0 Å². The smallest absolute Gasteiger partial charge is 0.226 e. The molecule has 5 heteroatoms. The monoisotopic (exact) mass is 197 g/mol. The first kappa shape index (κ1) is 9.61. The molecule has 0 aliphatic carbocycles. The van der Waals surface area contributed by atoms with Gasteiger partial charge in [0.25, 0.3) is 0 Å². The average Bonchev–Trinajstić information content (AvgIpc) is 2.59. The highest BCUT2D eigenvalue weighted by Crippen LogP contribution is 2.16. The quantitative estimate of drug-likeness (QED) is 0.762. The molecule has 1 aliphatic rings. The number of aryl methyl sites for hydroxylation is 1. The fraction of sp³-hybridized carbons (Fsp3) is 0.778. The van der Waals surface area contributed by atoms with E-state index >= 15 is 0 Å². The Morgan fingerprint density at radius 1 is 1.57 bits per heavy atom. The zero-order valence-corrected chi connectivity index (χ0v) is 8.54. The van der Waals surface area contributed by atoms with Gasteiger partial charge in [-0.25, -0.2) is 0 Å². The summed E-state index contributed by atoms with van der Waals surface area (Å²) in [5, 5.41) is 6.98. The summed E-state index contributed by atoms with van der Waals surface area (Å²) in [7, 11) is 0. The van der Waals surface area contributed by atoms with Gasteiger partial charge in [-0.05, 0) is 6.92 Å². The van der Waals surface area contributed by atoms with Crippen LogP contribution in [0.1, 0.15) is 25.6 Å². The van der Waals surface area contributed by atoms with Crippen LogP contribution in [0.25, 0.3) is 0 Å². The summed E-state index contributed by atoms with van der Waals surface area (Å²) in [6.07, 6.45) is 0.770. The molecule has 1 aromatic rings. The molecule has 78 valence electrons. The van der Waals surface area contributed by atoms with Gasteiger partial charge in [-0.3, -0.25) is 0 Å². The Balaban J connectivity index is 1.85. The number of ether oxygens (including phenoxy) is 1. The van der Waals surface area contributed by atoms with Gasteiger partial charge in [0.2, 0.25) is 5.89 Å². The van der Waals surface area contributed by atoms with E-state index in [1.54, 1.807) is 0 Å². The Morgan fingerprint density at radius 2 is 2.36 bits per heavy atom. The molecule has 1 aliphatic heterocycles. The van der Waals surface area contributed by atoms with Gasteiger partial charge in [0, 0.05) is 19.5 Å². The summed E-state index contributed by atoms with van der Waals surface area (Å²) >= 11 is 0. The van der Waals surface area contributed by atoms with Gasteiger partial charge < -0.3 is 14.6 Å². The molecule has 2 heterocycles. The van der Waals surface area contributed by atoms with Crippen molar-refractivity contribution >= 4 is 0 Å². The van der Waals surface area contributed by atoms with Crippen molar-refractivity contribution in [2.24, 2.45) is 0 Å². The van der Waals surface area contributed by atoms with Gasteiger partial charge in [0.05, 0.1) is 5.60 Å². The number of rotatable bonds is 4. The Labute approximate surface area is 82.8 Å². The van der Waals surface area contributed by atoms with E-state index in [0.717, 1.165) is 19.5 Å². The van der Waals surface area contributed by atoms with Gasteiger partial charge >= 0.3 is 0 Å². The van der Waals surface area contributed by atoms with Gasteiger partial charge in [-0.1, -0.05) is 12.1 Å². The molecule has 0 spiro atoms. The van der Waals surface area contributed by atoms with E-state index in [0.29, 0.717) is 18.3 Å². The minimum absolute atomic E-state index is 0.0486. The maximum absolute atomic E-state index is 5.66. The molecular formula is C9H15N3O2. The minimum atomic E-state index is -0.0486. The van der Waals surface area contributed by atoms with Crippen molar-refractivity contribution in [2.75, 3.05) is 13.1 Å². The third kappa shape index (κ3) is 1.93. The largest absolute Gasteiger partial charge is 0.365 e. The zero-order chi connectivity index (χ0) is 10.0. The van der Waals surface area contributed by atoms with Crippen LogP contribution in [0.5, 0.6) is 0 Å². The zero-order valence-electron chi connectivity index (χ0n) is 8.54. The third-order valence-corrected chi connectivity index (χ3v) is 2.36.